The summed E-state index contributed by atoms with van der Waals surface area (Å²) in [5.41, 5.74) is 0.392. The number of halogens is 1. The topological polar surface area (TPSA) is 12.4 Å². The minimum absolute atomic E-state index is 0.219. The van der Waals surface area contributed by atoms with Gasteiger partial charge in [0.25, 0.3) is 0 Å². The van der Waals surface area contributed by atoms with E-state index in [1.807, 2.05) is 6.21 Å². The number of nitrogens with zero attached hydrogens (tertiary/aromatic N) is 1. The third-order valence-corrected chi connectivity index (χ3v) is 5.73. The SMILES string of the molecule is ClC1(C23CC4CC(CC(C4)C2)C3)C=N1. The molecule has 0 aromatic heterocycles. The van der Waals surface area contributed by atoms with Crippen molar-refractivity contribution in [2.45, 2.75) is 43.5 Å². The van der Waals surface area contributed by atoms with Crippen LogP contribution in [0.2, 0.25) is 0 Å². The summed E-state index contributed by atoms with van der Waals surface area (Å²) in [5, 5.41) is 0. The van der Waals surface area contributed by atoms with Gasteiger partial charge in [-0.25, -0.2) is 0 Å². The van der Waals surface area contributed by atoms with Crippen LogP contribution in [-0.2, 0) is 0 Å². The Balaban J connectivity index is 1.74. The van der Waals surface area contributed by atoms with Crippen LogP contribution in [0.5, 0.6) is 0 Å². The van der Waals surface area contributed by atoms with Crippen LogP contribution in [0.3, 0.4) is 0 Å². The predicted molar refractivity (Wildman–Crippen MR) is 57.7 cm³/mol. The Morgan fingerprint density at radius 1 is 1.00 bits per heavy atom. The van der Waals surface area contributed by atoms with E-state index in [0.29, 0.717) is 5.41 Å². The first-order chi connectivity index (χ1) is 6.69. The van der Waals surface area contributed by atoms with E-state index >= 15 is 0 Å². The molecule has 1 atom stereocenters. The molecule has 4 fully saturated rings. The van der Waals surface area contributed by atoms with Crippen molar-refractivity contribution >= 4 is 17.8 Å². The highest BCUT2D eigenvalue weighted by Crippen LogP contribution is 2.66. The number of alkyl halides is 1. The highest BCUT2D eigenvalue weighted by molar-refractivity contribution is 6.37. The average Bonchev–Trinajstić information content (AvgIpc) is 2.82. The monoisotopic (exact) mass is 209 g/mol. The summed E-state index contributed by atoms with van der Waals surface area (Å²) in [6.45, 7) is 0. The minimum atomic E-state index is -0.219. The molecule has 1 aliphatic heterocycles. The molecule has 0 aromatic carbocycles. The van der Waals surface area contributed by atoms with E-state index in [2.05, 4.69) is 4.99 Å². The van der Waals surface area contributed by atoms with Crippen LogP contribution >= 0.6 is 11.6 Å². The molecule has 0 saturated heterocycles. The first-order valence-corrected chi connectivity index (χ1v) is 6.32. The summed E-state index contributed by atoms with van der Waals surface area (Å²) in [7, 11) is 0. The summed E-state index contributed by atoms with van der Waals surface area (Å²) < 4.78 is 0. The first kappa shape index (κ1) is 8.15. The molecule has 2 heteroatoms. The molecular weight excluding hydrogens is 194 g/mol. The van der Waals surface area contributed by atoms with E-state index in [0.717, 1.165) is 17.8 Å². The van der Waals surface area contributed by atoms with Crippen molar-refractivity contribution in [3.63, 3.8) is 0 Å². The highest BCUT2D eigenvalue weighted by Gasteiger charge is 2.63. The van der Waals surface area contributed by atoms with Crippen LogP contribution < -0.4 is 0 Å². The van der Waals surface area contributed by atoms with Gasteiger partial charge >= 0.3 is 0 Å². The van der Waals surface area contributed by atoms with Crippen LogP contribution in [0.4, 0.5) is 0 Å². The maximum absolute atomic E-state index is 6.54. The molecule has 1 heterocycles. The van der Waals surface area contributed by atoms with Gasteiger partial charge in [-0.3, -0.25) is 4.99 Å². The Morgan fingerprint density at radius 3 is 1.79 bits per heavy atom. The third kappa shape index (κ3) is 0.856. The molecule has 76 valence electrons. The van der Waals surface area contributed by atoms with Gasteiger partial charge in [0.05, 0.1) is 0 Å². The lowest BCUT2D eigenvalue weighted by atomic mass is 9.48. The molecule has 0 amide bonds. The van der Waals surface area contributed by atoms with Gasteiger partial charge in [-0.15, -0.1) is 0 Å². The van der Waals surface area contributed by atoms with Gasteiger partial charge in [0.1, 0.15) is 0 Å². The quantitative estimate of drug-likeness (QED) is 0.465. The number of hydrogen-bond acceptors (Lipinski definition) is 1. The second-order valence-corrected chi connectivity index (χ2v) is 6.71. The van der Waals surface area contributed by atoms with Crippen molar-refractivity contribution in [3.8, 4) is 0 Å². The summed E-state index contributed by atoms with van der Waals surface area (Å²) in [6.07, 6.45) is 10.6. The largest absolute Gasteiger partial charge is 0.264 e. The van der Waals surface area contributed by atoms with Gasteiger partial charge in [-0.1, -0.05) is 11.6 Å². The van der Waals surface area contributed by atoms with E-state index in [1.54, 1.807) is 0 Å². The van der Waals surface area contributed by atoms with Gasteiger partial charge < -0.3 is 0 Å². The van der Waals surface area contributed by atoms with Crippen molar-refractivity contribution in [2.75, 3.05) is 0 Å². The fourth-order valence-electron chi connectivity index (χ4n) is 4.87. The van der Waals surface area contributed by atoms with Gasteiger partial charge in [-0.05, 0) is 56.3 Å². The minimum Gasteiger partial charge on any atom is -0.264 e. The van der Waals surface area contributed by atoms with Gasteiger partial charge in [0, 0.05) is 11.6 Å². The van der Waals surface area contributed by atoms with Crippen LogP contribution in [0.15, 0.2) is 4.99 Å². The Morgan fingerprint density at radius 2 is 1.43 bits per heavy atom. The second-order valence-electron chi connectivity index (χ2n) is 6.13. The molecular formula is C12H16ClN. The zero-order valence-corrected chi connectivity index (χ0v) is 9.13. The lowest BCUT2D eigenvalue weighted by molar-refractivity contribution is -0.0570. The maximum atomic E-state index is 6.54. The lowest BCUT2D eigenvalue weighted by Gasteiger charge is -2.58. The van der Waals surface area contributed by atoms with E-state index in [9.17, 15) is 0 Å². The van der Waals surface area contributed by atoms with Crippen LogP contribution in [0.1, 0.15) is 38.5 Å². The molecule has 14 heavy (non-hydrogen) atoms. The van der Waals surface area contributed by atoms with Crippen molar-refractivity contribution in [1.82, 2.24) is 0 Å². The summed E-state index contributed by atoms with van der Waals surface area (Å²) in [4.78, 5) is 4.15. The van der Waals surface area contributed by atoms with E-state index in [4.69, 9.17) is 11.6 Å². The van der Waals surface area contributed by atoms with E-state index in [-0.39, 0.29) is 5.00 Å². The zero-order chi connectivity index (χ0) is 9.39. The Labute approximate surface area is 89.9 Å². The molecule has 4 bridgehead atoms. The van der Waals surface area contributed by atoms with Crippen molar-refractivity contribution in [2.24, 2.45) is 28.2 Å². The molecule has 0 N–H and O–H groups in total. The van der Waals surface area contributed by atoms with Crippen molar-refractivity contribution in [3.05, 3.63) is 0 Å². The van der Waals surface area contributed by atoms with Gasteiger partial charge in [-0.2, -0.15) is 0 Å². The van der Waals surface area contributed by atoms with Gasteiger partial charge in [0.15, 0.2) is 5.00 Å². The second kappa shape index (κ2) is 2.21. The van der Waals surface area contributed by atoms with E-state index < -0.39 is 0 Å². The van der Waals surface area contributed by atoms with E-state index in [1.165, 1.54) is 38.5 Å². The summed E-state index contributed by atoms with van der Waals surface area (Å²) in [5.74, 6) is 2.96. The molecule has 1 unspecified atom stereocenters. The molecule has 1 nitrogen and oxygen atoms in total. The number of rotatable bonds is 1. The fraction of sp³-hybridized carbons (Fsp3) is 0.917. The first-order valence-electron chi connectivity index (χ1n) is 5.94. The number of hydrogen-bond donors (Lipinski definition) is 0. The summed E-state index contributed by atoms with van der Waals surface area (Å²) >= 11 is 6.54. The third-order valence-electron chi connectivity index (χ3n) is 5.14. The Bertz CT molecular complexity index is 279. The molecule has 4 aliphatic carbocycles. The standard InChI is InChI=1S/C12H16ClN/c13-12(7-14-12)11-4-8-1-9(5-11)3-10(2-8)6-11/h7-10H,1-6H2. The van der Waals surface area contributed by atoms with Crippen molar-refractivity contribution in [1.29, 1.82) is 0 Å². The maximum Gasteiger partial charge on any atom is 0.173 e. The molecule has 5 rings (SSSR count). The lowest BCUT2D eigenvalue weighted by Crippen LogP contribution is -2.52. The predicted octanol–water partition coefficient (Wildman–Crippen LogP) is 3.22. The normalized spacial score (nSPS) is 63.4. The highest BCUT2D eigenvalue weighted by atomic mass is 35.5. The van der Waals surface area contributed by atoms with Crippen molar-refractivity contribution < 1.29 is 0 Å². The summed E-state index contributed by atoms with van der Waals surface area (Å²) in [6, 6.07) is 0. The molecule has 0 radical (unpaired) electrons. The van der Waals surface area contributed by atoms with Crippen LogP contribution in [0, 0.1) is 23.2 Å². The molecule has 0 aromatic rings. The zero-order valence-electron chi connectivity index (χ0n) is 8.38. The number of aliphatic imine (C=N–C) groups is 1. The smallest absolute Gasteiger partial charge is 0.173 e. The Hall–Kier alpha value is -0.0400. The molecule has 5 aliphatic rings. The van der Waals surface area contributed by atoms with Gasteiger partial charge in [0.2, 0.25) is 0 Å². The average molecular weight is 210 g/mol. The fourth-order valence-corrected chi connectivity index (χ4v) is 5.15. The molecule has 0 spiro atoms. The van der Waals surface area contributed by atoms with Crippen LogP contribution in [0.25, 0.3) is 0 Å². The molecule has 4 saturated carbocycles. The van der Waals surface area contributed by atoms with Crippen LogP contribution in [-0.4, -0.2) is 11.2 Å². The Kier molecular flexibility index (Phi) is 1.29.